The molecule has 47 heavy (non-hydrogen) atoms. The lowest BCUT2D eigenvalue weighted by Gasteiger charge is -2.42. The number of hydrogen-bond acceptors (Lipinski definition) is 2. The topological polar surface area (TPSA) is 29.3 Å². The van der Waals surface area contributed by atoms with Gasteiger partial charge in [-0.05, 0) is 93.6 Å². The molecule has 1 aliphatic heterocycles. The summed E-state index contributed by atoms with van der Waals surface area (Å²) in [4.78, 5) is 5.25. The van der Waals surface area contributed by atoms with E-state index in [4.69, 9.17) is 4.99 Å². The SMILES string of the molecule is CC1(C)CCC(C)(C)c2cc3c(cc21)c1ccccc1n3-c1ccc(C2=C(c3ccc4ccccc4c3)N=C3C=CC=CC3N2)cc1. The van der Waals surface area contributed by atoms with Gasteiger partial charge >= 0.3 is 0 Å². The molecule has 0 saturated heterocycles. The summed E-state index contributed by atoms with van der Waals surface area (Å²) in [6.07, 6.45) is 10.9. The highest BCUT2D eigenvalue weighted by molar-refractivity contribution is 6.11. The van der Waals surface area contributed by atoms with Crippen molar-refractivity contribution in [1.29, 1.82) is 0 Å². The van der Waals surface area contributed by atoms with Crippen LogP contribution in [0.25, 0.3) is 49.7 Å². The zero-order valence-electron chi connectivity index (χ0n) is 27.5. The van der Waals surface area contributed by atoms with E-state index < -0.39 is 0 Å². The largest absolute Gasteiger partial charge is 0.371 e. The van der Waals surface area contributed by atoms with Crippen molar-refractivity contribution in [3.05, 3.63) is 150 Å². The van der Waals surface area contributed by atoms with Crippen LogP contribution in [0.4, 0.5) is 0 Å². The molecular formula is C44H39N3. The molecule has 2 heterocycles. The molecule has 9 rings (SSSR count). The average molecular weight is 610 g/mol. The summed E-state index contributed by atoms with van der Waals surface area (Å²) in [5.41, 5.74) is 12.3. The number of nitrogens with one attached hydrogen (secondary N) is 1. The van der Waals surface area contributed by atoms with Gasteiger partial charge in [-0.1, -0.05) is 113 Å². The number of fused-ring (bicyclic) bond motifs is 6. The Labute approximate surface area is 276 Å². The van der Waals surface area contributed by atoms with Crippen LogP contribution >= 0.6 is 0 Å². The highest BCUT2D eigenvalue weighted by atomic mass is 15.0. The molecule has 1 atom stereocenters. The molecule has 0 radical (unpaired) electrons. The van der Waals surface area contributed by atoms with E-state index in [1.165, 1.54) is 62.2 Å². The maximum absolute atomic E-state index is 5.25. The van der Waals surface area contributed by atoms with Crippen LogP contribution < -0.4 is 5.32 Å². The highest BCUT2D eigenvalue weighted by Gasteiger charge is 2.38. The summed E-state index contributed by atoms with van der Waals surface area (Å²) < 4.78 is 2.46. The van der Waals surface area contributed by atoms with Gasteiger partial charge in [0.05, 0.1) is 34.2 Å². The van der Waals surface area contributed by atoms with E-state index in [-0.39, 0.29) is 16.9 Å². The first-order chi connectivity index (χ1) is 22.8. The van der Waals surface area contributed by atoms with Crippen molar-refractivity contribution in [2.24, 2.45) is 4.99 Å². The van der Waals surface area contributed by atoms with E-state index in [1.807, 2.05) is 0 Å². The number of rotatable bonds is 3. The van der Waals surface area contributed by atoms with E-state index in [2.05, 4.69) is 165 Å². The van der Waals surface area contributed by atoms with Gasteiger partial charge in [-0.25, -0.2) is 4.99 Å². The van der Waals surface area contributed by atoms with Gasteiger partial charge in [-0.2, -0.15) is 0 Å². The summed E-state index contributed by atoms with van der Waals surface area (Å²) in [6.45, 7) is 9.66. The molecular weight excluding hydrogens is 571 g/mol. The van der Waals surface area contributed by atoms with Gasteiger partial charge in [-0.3, -0.25) is 0 Å². The fourth-order valence-electron chi connectivity index (χ4n) is 8.02. The molecule has 230 valence electrons. The minimum atomic E-state index is 0.0509. The third kappa shape index (κ3) is 4.44. The Bertz CT molecular complexity index is 2370. The minimum Gasteiger partial charge on any atom is -0.371 e. The average Bonchev–Trinajstić information content (AvgIpc) is 3.43. The van der Waals surface area contributed by atoms with E-state index in [1.54, 1.807) is 0 Å². The summed E-state index contributed by atoms with van der Waals surface area (Å²) in [5.74, 6) is 0. The number of allylic oxidation sites excluding steroid dienone is 2. The van der Waals surface area contributed by atoms with E-state index >= 15 is 0 Å². The number of aliphatic imine (C=N–C) groups is 1. The van der Waals surface area contributed by atoms with Crippen LogP contribution in [0.1, 0.15) is 62.8 Å². The van der Waals surface area contributed by atoms with Crippen molar-refractivity contribution in [2.45, 2.75) is 57.4 Å². The van der Waals surface area contributed by atoms with Crippen molar-refractivity contribution in [3.63, 3.8) is 0 Å². The van der Waals surface area contributed by atoms with Crippen LogP contribution in [0.5, 0.6) is 0 Å². The van der Waals surface area contributed by atoms with E-state index in [0.717, 1.165) is 28.2 Å². The smallest absolute Gasteiger partial charge is 0.0944 e. The molecule has 3 heteroatoms. The zero-order chi connectivity index (χ0) is 31.9. The van der Waals surface area contributed by atoms with Crippen LogP contribution in [0.2, 0.25) is 0 Å². The maximum atomic E-state index is 5.25. The monoisotopic (exact) mass is 609 g/mol. The standard InChI is InChI=1S/C44H39N3/c1-43(2)23-24-44(3,4)36-27-40-34(26-35(36)43)33-13-7-10-16-39(33)47(40)32-21-19-29(20-22-32)41-42(46-38-15-9-8-14-37(38)45-41)31-18-17-28-11-5-6-12-30(28)25-31/h5-22,25-27,37,45H,23-24H2,1-4H3. The van der Waals surface area contributed by atoms with Crippen molar-refractivity contribution in [1.82, 2.24) is 9.88 Å². The van der Waals surface area contributed by atoms with E-state index in [9.17, 15) is 0 Å². The normalized spacial score (nSPS) is 19.5. The van der Waals surface area contributed by atoms with Crippen molar-refractivity contribution in [3.8, 4) is 5.69 Å². The number of para-hydroxylation sites is 1. The molecule has 2 aliphatic carbocycles. The van der Waals surface area contributed by atoms with Gasteiger partial charge in [-0.15, -0.1) is 0 Å². The molecule has 3 aliphatic rings. The molecule has 0 saturated carbocycles. The summed E-state index contributed by atoms with van der Waals surface area (Å²) in [5, 5.41) is 8.93. The first kappa shape index (κ1) is 28.1. The van der Waals surface area contributed by atoms with E-state index in [0.29, 0.717) is 0 Å². The Morgan fingerprint density at radius 1 is 0.660 bits per heavy atom. The van der Waals surface area contributed by atoms with Gasteiger partial charge in [0, 0.05) is 22.0 Å². The van der Waals surface area contributed by atoms with Crippen LogP contribution in [-0.2, 0) is 10.8 Å². The Hall–Kier alpha value is -5.15. The summed E-state index contributed by atoms with van der Waals surface area (Å²) in [7, 11) is 0. The van der Waals surface area contributed by atoms with Crippen LogP contribution in [0.3, 0.4) is 0 Å². The Morgan fingerprint density at radius 2 is 1.36 bits per heavy atom. The van der Waals surface area contributed by atoms with Gasteiger partial charge in [0.25, 0.3) is 0 Å². The first-order valence-electron chi connectivity index (χ1n) is 16.9. The van der Waals surface area contributed by atoms with Crippen molar-refractivity contribution >= 4 is 49.7 Å². The molecule has 1 unspecified atom stereocenters. The molecule has 0 spiro atoms. The minimum absolute atomic E-state index is 0.0509. The van der Waals surface area contributed by atoms with Gasteiger partial charge < -0.3 is 9.88 Å². The number of hydrogen-bond donors (Lipinski definition) is 1. The number of nitrogens with zero attached hydrogens (tertiary/aromatic N) is 2. The van der Waals surface area contributed by atoms with Crippen LogP contribution in [0.15, 0.2) is 132 Å². The van der Waals surface area contributed by atoms with Crippen molar-refractivity contribution in [2.75, 3.05) is 0 Å². The number of aromatic nitrogens is 1. The van der Waals surface area contributed by atoms with Gasteiger partial charge in [0.1, 0.15) is 0 Å². The third-order valence-electron chi connectivity index (χ3n) is 10.9. The molecule has 0 bridgehead atoms. The Morgan fingerprint density at radius 3 is 2.17 bits per heavy atom. The molecule has 0 amide bonds. The Balaban J connectivity index is 1.21. The molecule has 1 aromatic heterocycles. The second kappa shape index (κ2) is 10.2. The molecule has 5 aromatic carbocycles. The molecule has 3 nitrogen and oxygen atoms in total. The fraction of sp³-hybridized carbons (Fsp3) is 0.205. The molecule has 0 fully saturated rings. The quantitative estimate of drug-likeness (QED) is 0.213. The van der Waals surface area contributed by atoms with Gasteiger partial charge in [0.2, 0.25) is 0 Å². The molecule has 6 aromatic rings. The van der Waals surface area contributed by atoms with Crippen LogP contribution in [0, 0.1) is 0 Å². The lowest BCUT2D eigenvalue weighted by molar-refractivity contribution is 0.332. The lowest BCUT2D eigenvalue weighted by atomic mass is 9.63. The predicted octanol–water partition coefficient (Wildman–Crippen LogP) is 10.7. The second-order valence-electron chi connectivity index (χ2n) is 14.8. The highest BCUT2D eigenvalue weighted by Crippen LogP contribution is 2.48. The second-order valence-corrected chi connectivity index (χ2v) is 14.8. The Kier molecular flexibility index (Phi) is 6.08. The summed E-state index contributed by atoms with van der Waals surface area (Å²) in [6, 6.07) is 38.2. The van der Waals surface area contributed by atoms with Crippen molar-refractivity contribution < 1.29 is 0 Å². The first-order valence-corrected chi connectivity index (χ1v) is 16.9. The number of benzene rings is 5. The lowest BCUT2D eigenvalue weighted by Crippen LogP contribution is -2.37. The molecule has 1 N–H and O–H groups in total. The zero-order valence-corrected chi connectivity index (χ0v) is 27.5. The third-order valence-corrected chi connectivity index (χ3v) is 10.9. The maximum Gasteiger partial charge on any atom is 0.0944 e. The fourth-order valence-corrected chi connectivity index (χ4v) is 8.02. The van der Waals surface area contributed by atoms with Gasteiger partial charge in [0.15, 0.2) is 0 Å². The predicted molar refractivity (Wildman–Crippen MR) is 199 cm³/mol. The summed E-state index contributed by atoms with van der Waals surface area (Å²) >= 11 is 0. The van der Waals surface area contributed by atoms with Crippen LogP contribution in [-0.4, -0.2) is 16.3 Å².